The fraction of sp³-hybridized carbons (Fsp3) is 0.600. The summed E-state index contributed by atoms with van der Waals surface area (Å²) in [5.41, 5.74) is 0.275. The molecule has 2 nitrogen and oxygen atoms in total. The molecule has 0 saturated carbocycles. The van der Waals surface area contributed by atoms with Gasteiger partial charge in [0, 0.05) is 12.6 Å². The highest BCUT2D eigenvalue weighted by atomic mass is 19.3. The van der Waals surface area contributed by atoms with E-state index in [1.54, 1.807) is 0 Å². The molecule has 0 amide bonds. The van der Waals surface area contributed by atoms with Crippen LogP contribution in [-0.4, -0.2) is 32.2 Å². The van der Waals surface area contributed by atoms with Gasteiger partial charge in [-0.3, -0.25) is 0 Å². The van der Waals surface area contributed by atoms with Gasteiger partial charge in [0.1, 0.15) is 18.2 Å². The van der Waals surface area contributed by atoms with Gasteiger partial charge in [-0.1, -0.05) is 6.92 Å². The van der Waals surface area contributed by atoms with Crippen LogP contribution in [-0.2, 0) is 11.2 Å². The van der Waals surface area contributed by atoms with Crippen LogP contribution >= 0.6 is 0 Å². The smallest absolute Gasteiger partial charge is 0.261 e. The van der Waals surface area contributed by atoms with Crippen molar-refractivity contribution in [3.05, 3.63) is 35.4 Å². The molecule has 120 valence electrons. The molecule has 21 heavy (non-hydrogen) atoms. The van der Waals surface area contributed by atoms with Gasteiger partial charge in [0.25, 0.3) is 6.43 Å². The van der Waals surface area contributed by atoms with Gasteiger partial charge in [0.05, 0.1) is 0 Å². The molecule has 0 fully saturated rings. The van der Waals surface area contributed by atoms with Crippen molar-refractivity contribution in [2.45, 2.75) is 38.7 Å². The van der Waals surface area contributed by atoms with E-state index in [0.29, 0.717) is 12.8 Å². The number of benzene rings is 1. The van der Waals surface area contributed by atoms with Crippen molar-refractivity contribution < 1.29 is 22.3 Å². The summed E-state index contributed by atoms with van der Waals surface area (Å²) >= 11 is 0. The topological polar surface area (TPSA) is 21.3 Å². The summed E-state index contributed by atoms with van der Waals surface area (Å²) in [6.07, 6.45) is -0.850. The lowest BCUT2D eigenvalue weighted by Gasteiger charge is -2.19. The molecule has 1 aromatic carbocycles. The molecule has 1 unspecified atom stereocenters. The van der Waals surface area contributed by atoms with Crippen molar-refractivity contribution in [1.82, 2.24) is 5.32 Å². The number of hydrogen-bond acceptors (Lipinski definition) is 2. The summed E-state index contributed by atoms with van der Waals surface area (Å²) in [5, 5.41) is 3.20. The quantitative estimate of drug-likeness (QED) is 0.527. The van der Waals surface area contributed by atoms with Gasteiger partial charge in [-0.2, -0.15) is 0 Å². The van der Waals surface area contributed by atoms with E-state index in [9.17, 15) is 17.6 Å². The first kappa shape index (κ1) is 17.9. The second kappa shape index (κ2) is 9.73. The van der Waals surface area contributed by atoms with Crippen LogP contribution in [0.2, 0.25) is 0 Å². The molecule has 0 aromatic heterocycles. The van der Waals surface area contributed by atoms with E-state index in [2.05, 4.69) is 5.32 Å². The minimum Gasteiger partial charge on any atom is -0.375 e. The van der Waals surface area contributed by atoms with Gasteiger partial charge in [-0.15, -0.1) is 0 Å². The molecule has 0 aliphatic carbocycles. The van der Waals surface area contributed by atoms with Gasteiger partial charge >= 0.3 is 0 Å². The van der Waals surface area contributed by atoms with Gasteiger partial charge < -0.3 is 10.1 Å². The van der Waals surface area contributed by atoms with Crippen molar-refractivity contribution in [1.29, 1.82) is 0 Å². The fourth-order valence-electron chi connectivity index (χ4n) is 1.99. The zero-order chi connectivity index (χ0) is 15.7. The van der Waals surface area contributed by atoms with Crippen LogP contribution in [0.15, 0.2) is 18.2 Å². The first-order valence-corrected chi connectivity index (χ1v) is 7.06. The van der Waals surface area contributed by atoms with Crippen LogP contribution in [0.5, 0.6) is 0 Å². The molecule has 1 rings (SSSR count). The minimum absolute atomic E-state index is 0.140. The molecule has 0 heterocycles. The van der Waals surface area contributed by atoms with Gasteiger partial charge in [-0.25, -0.2) is 17.6 Å². The maximum Gasteiger partial charge on any atom is 0.261 e. The molecule has 6 heteroatoms. The van der Waals surface area contributed by atoms with Crippen LogP contribution in [0.1, 0.15) is 25.3 Å². The van der Waals surface area contributed by atoms with Crippen LogP contribution in [0.4, 0.5) is 17.6 Å². The van der Waals surface area contributed by atoms with E-state index in [4.69, 9.17) is 4.74 Å². The molecule has 1 aromatic rings. The summed E-state index contributed by atoms with van der Waals surface area (Å²) in [6, 6.07) is 3.18. The van der Waals surface area contributed by atoms with E-state index < -0.39 is 24.7 Å². The molecular weight excluding hydrogens is 286 g/mol. The molecule has 0 aliphatic rings. The van der Waals surface area contributed by atoms with E-state index in [0.717, 1.165) is 31.2 Å². The molecule has 0 aliphatic heterocycles. The molecule has 0 bridgehead atoms. The second-order valence-corrected chi connectivity index (χ2v) is 4.85. The Labute approximate surface area is 122 Å². The van der Waals surface area contributed by atoms with Gasteiger partial charge in [-0.05, 0) is 49.6 Å². The monoisotopic (exact) mass is 307 g/mol. The number of halogens is 4. The Morgan fingerprint density at radius 3 is 2.67 bits per heavy atom. The van der Waals surface area contributed by atoms with Crippen molar-refractivity contribution in [2.24, 2.45) is 0 Å². The highest BCUT2D eigenvalue weighted by Crippen LogP contribution is 2.13. The van der Waals surface area contributed by atoms with Crippen LogP contribution < -0.4 is 5.32 Å². The van der Waals surface area contributed by atoms with Gasteiger partial charge in [0.2, 0.25) is 0 Å². The summed E-state index contributed by atoms with van der Waals surface area (Å²) in [5.74, 6) is -0.956. The molecule has 0 radical (unpaired) electrons. The Hall–Kier alpha value is -1.14. The van der Waals surface area contributed by atoms with Crippen molar-refractivity contribution >= 4 is 0 Å². The third kappa shape index (κ3) is 7.43. The Morgan fingerprint density at radius 2 is 2.00 bits per heavy atom. The number of ether oxygens (including phenoxy) is 1. The molecule has 0 spiro atoms. The zero-order valence-electron chi connectivity index (χ0n) is 12.0. The van der Waals surface area contributed by atoms with E-state index in [-0.39, 0.29) is 18.2 Å². The molecular formula is C15H21F4NO. The number of hydrogen-bond donors (Lipinski definition) is 1. The van der Waals surface area contributed by atoms with Crippen LogP contribution in [0.25, 0.3) is 0 Å². The summed E-state index contributed by atoms with van der Waals surface area (Å²) in [7, 11) is 0. The lowest BCUT2D eigenvalue weighted by Crippen LogP contribution is -2.33. The highest BCUT2D eigenvalue weighted by molar-refractivity contribution is 5.19. The largest absolute Gasteiger partial charge is 0.375 e. The molecule has 1 atom stereocenters. The standard InChI is InChI=1S/C15H21F4NO/c1-2-6-20-13(5-7-21-10-15(18)19)9-11-8-12(16)3-4-14(11)17/h3-4,8,13,15,20H,2,5-7,9-10H2,1H3. The lowest BCUT2D eigenvalue weighted by atomic mass is 10.0. The lowest BCUT2D eigenvalue weighted by molar-refractivity contribution is 0.0144. The maximum atomic E-state index is 13.6. The van der Waals surface area contributed by atoms with Crippen LogP contribution in [0.3, 0.4) is 0 Å². The second-order valence-electron chi connectivity index (χ2n) is 4.85. The first-order chi connectivity index (χ1) is 10.0. The van der Waals surface area contributed by atoms with E-state index in [1.165, 1.54) is 0 Å². The first-order valence-electron chi connectivity index (χ1n) is 7.06. The summed E-state index contributed by atoms with van der Waals surface area (Å²) in [4.78, 5) is 0. The molecule has 0 saturated heterocycles. The summed E-state index contributed by atoms with van der Waals surface area (Å²) < 4.78 is 55.6. The highest BCUT2D eigenvalue weighted by Gasteiger charge is 2.13. The number of rotatable bonds is 10. The Morgan fingerprint density at radius 1 is 1.24 bits per heavy atom. The average Bonchev–Trinajstić information content (AvgIpc) is 2.44. The van der Waals surface area contributed by atoms with Crippen molar-refractivity contribution in [2.75, 3.05) is 19.8 Å². The molecule has 1 N–H and O–H groups in total. The Bertz CT molecular complexity index is 415. The number of alkyl halides is 2. The SMILES string of the molecule is CCCNC(CCOCC(F)F)Cc1cc(F)ccc1F. The Balaban J connectivity index is 2.54. The predicted octanol–water partition coefficient (Wildman–Crippen LogP) is 3.55. The summed E-state index contributed by atoms with van der Waals surface area (Å²) in [6.45, 7) is 2.26. The van der Waals surface area contributed by atoms with E-state index >= 15 is 0 Å². The predicted molar refractivity (Wildman–Crippen MR) is 73.6 cm³/mol. The van der Waals surface area contributed by atoms with Crippen LogP contribution in [0, 0.1) is 11.6 Å². The third-order valence-corrected chi connectivity index (χ3v) is 3.01. The average molecular weight is 307 g/mol. The zero-order valence-corrected chi connectivity index (χ0v) is 12.0. The fourth-order valence-corrected chi connectivity index (χ4v) is 1.99. The van der Waals surface area contributed by atoms with Crippen molar-refractivity contribution in [3.63, 3.8) is 0 Å². The van der Waals surface area contributed by atoms with Crippen molar-refractivity contribution in [3.8, 4) is 0 Å². The third-order valence-electron chi connectivity index (χ3n) is 3.01. The van der Waals surface area contributed by atoms with E-state index in [1.807, 2.05) is 6.92 Å². The number of nitrogens with one attached hydrogen (secondary N) is 1. The normalized spacial score (nSPS) is 12.9. The van der Waals surface area contributed by atoms with Gasteiger partial charge in [0.15, 0.2) is 0 Å². The minimum atomic E-state index is -2.49. The maximum absolute atomic E-state index is 13.6. The Kier molecular flexibility index (Phi) is 8.30.